The van der Waals surface area contributed by atoms with Gasteiger partial charge in [0.1, 0.15) is 5.75 Å². The van der Waals surface area contributed by atoms with Gasteiger partial charge in [-0.3, -0.25) is 4.79 Å². The van der Waals surface area contributed by atoms with Gasteiger partial charge in [-0.2, -0.15) is 0 Å². The highest BCUT2D eigenvalue weighted by atomic mass is 16.5. The number of piperidine rings is 1. The molecule has 1 N–H and O–H groups in total. The summed E-state index contributed by atoms with van der Waals surface area (Å²) >= 11 is 0. The van der Waals surface area contributed by atoms with Gasteiger partial charge in [-0.25, -0.2) is 0 Å². The summed E-state index contributed by atoms with van der Waals surface area (Å²) in [5, 5.41) is 8.67. The Bertz CT molecular complexity index is 453. The van der Waals surface area contributed by atoms with Gasteiger partial charge >= 0.3 is 5.97 Å². The minimum Gasteiger partial charge on any atom is -0.496 e. The van der Waals surface area contributed by atoms with Gasteiger partial charge in [0.05, 0.1) is 7.11 Å². The smallest absolute Gasteiger partial charge is 0.303 e. The van der Waals surface area contributed by atoms with Crippen molar-refractivity contribution in [2.24, 2.45) is 5.92 Å². The van der Waals surface area contributed by atoms with Crippen molar-refractivity contribution < 1.29 is 14.6 Å². The molecule has 0 saturated carbocycles. The Balaban J connectivity index is 1.75. The zero-order chi connectivity index (χ0) is 15.1. The normalized spacial score (nSPS) is 16.8. The van der Waals surface area contributed by atoms with Crippen molar-refractivity contribution in [3.8, 4) is 5.75 Å². The molecule has 1 fully saturated rings. The number of methoxy groups -OCH3 is 1. The fourth-order valence-corrected chi connectivity index (χ4v) is 3.05. The van der Waals surface area contributed by atoms with Crippen LogP contribution in [-0.2, 0) is 11.2 Å². The Hall–Kier alpha value is -1.55. The number of nitrogens with zero attached hydrogens (tertiary/aromatic N) is 1. The Morgan fingerprint density at radius 1 is 1.33 bits per heavy atom. The molecule has 0 spiro atoms. The second-order valence-electron chi connectivity index (χ2n) is 5.80. The number of hydrogen-bond donors (Lipinski definition) is 1. The summed E-state index contributed by atoms with van der Waals surface area (Å²) in [5.41, 5.74) is 1.30. The minimum atomic E-state index is -0.693. The molecule has 4 nitrogen and oxygen atoms in total. The predicted molar refractivity (Wildman–Crippen MR) is 82.7 cm³/mol. The molecule has 1 aliphatic heterocycles. The van der Waals surface area contributed by atoms with E-state index in [9.17, 15) is 4.79 Å². The lowest BCUT2D eigenvalue weighted by Crippen LogP contribution is -2.35. The monoisotopic (exact) mass is 291 g/mol. The first-order valence-corrected chi connectivity index (χ1v) is 7.75. The van der Waals surface area contributed by atoms with E-state index in [1.807, 2.05) is 12.1 Å². The van der Waals surface area contributed by atoms with Crippen molar-refractivity contribution in [1.82, 2.24) is 4.90 Å². The highest BCUT2D eigenvalue weighted by Crippen LogP contribution is 2.26. The van der Waals surface area contributed by atoms with Crippen molar-refractivity contribution in [3.63, 3.8) is 0 Å². The number of carboxylic acids is 1. The lowest BCUT2D eigenvalue weighted by atomic mass is 9.90. The van der Waals surface area contributed by atoms with Crippen LogP contribution < -0.4 is 4.74 Å². The van der Waals surface area contributed by atoms with Crippen LogP contribution in [0.2, 0.25) is 0 Å². The van der Waals surface area contributed by atoms with Crippen molar-refractivity contribution >= 4 is 5.97 Å². The van der Waals surface area contributed by atoms with Gasteiger partial charge in [0, 0.05) is 6.42 Å². The summed E-state index contributed by atoms with van der Waals surface area (Å²) in [6.45, 7) is 3.08. The van der Waals surface area contributed by atoms with Gasteiger partial charge in [-0.1, -0.05) is 18.2 Å². The van der Waals surface area contributed by atoms with Crippen molar-refractivity contribution in [2.75, 3.05) is 26.7 Å². The zero-order valence-electron chi connectivity index (χ0n) is 12.8. The predicted octanol–water partition coefficient (Wildman–Crippen LogP) is 2.81. The molecule has 4 heteroatoms. The summed E-state index contributed by atoms with van der Waals surface area (Å²) in [4.78, 5) is 12.9. The number of likely N-dealkylation sites (tertiary alicyclic amines) is 1. The van der Waals surface area contributed by atoms with E-state index in [2.05, 4.69) is 17.0 Å². The maximum Gasteiger partial charge on any atom is 0.303 e. The van der Waals surface area contributed by atoms with Gasteiger partial charge < -0.3 is 14.7 Å². The van der Waals surface area contributed by atoms with E-state index in [0.717, 1.165) is 38.2 Å². The lowest BCUT2D eigenvalue weighted by molar-refractivity contribution is -0.137. The van der Waals surface area contributed by atoms with Crippen LogP contribution >= 0.6 is 0 Å². The molecule has 0 radical (unpaired) electrons. The van der Waals surface area contributed by atoms with Gasteiger partial charge in [-0.05, 0) is 62.9 Å². The Kier molecular flexibility index (Phi) is 6.05. The molecule has 116 valence electrons. The zero-order valence-corrected chi connectivity index (χ0v) is 12.8. The van der Waals surface area contributed by atoms with Crippen molar-refractivity contribution in [1.29, 1.82) is 0 Å². The van der Waals surface area contributed by atoms with Crippen LogP contribution in [-0.4, -0.2) is 42.7 Å². The number of ether oxygens (including phenoxy) is 1. The van der Waals surface area contributed by atoms with Crippen molar-refractivity contribution in [3.05, 3.63) is 29.8 Å². The first kappa shape index (κ1) is 15.8. The number of carboxylic acid groups (broad SMARTS) is 1. The Morgan fingerprint density at radius 2 is 2.05 bits per heavy atom. The van der Waals surface area contributed by atoms with Gasteiger partial charge in [0.2, 0.25) is 0 Å². The van der Waals surface area contributed by atoms with Crippen LogP contribution in [0.3, 0.4) is 0 Å². The molecule has 0 amide bonds. The fourth-order valence-electron chi connectivity index (χ4n) is 3.05. The van der Waals surface area contributed by atoms with E-state index >= 15 is 0 Å². The minimum absolute atomic E-state index is 0.279. The topological polar surface area (TPSA) is 49.8 Å². The highest BCUT2D eigenvalue weighted by Gasteiger charge is 2.20. The van der Waals surface area contributed by atoms with E-state index in [0.29, 0.717) is 5.92 Å². The molecule has 0 atom stereocenters. The quantitative estimate of drug-likeness (QED) is 0.839. The molecule has 1 aromatic carbocycles. The summed E-state index contributed by atoms with van der Waals surface area (Å²) in [6.07, 6.45) is 4.48. The van der Waals surface area contributed by atoms with E-state index in [-0.39, 0.29) is 6.42 Å². The lowest BCUT2D eigenvalue weighted by Gasteiger charge is -2.32. The first-order valence-electron chi connectivity index (χ1n) is 7.75. The molecule has 21 heavy (non-hydrogen) atoms. The molecule has 1 heterocycles. The molecular weight excluding hydrogens is 266 g/mol. The maximum absolute atomic E-state index is 10.5. The molecule has 1 aliphatic rings. The molecular formula is C17H25NO3. The van der Waals surface area contributed by atoms with Crippen LogP contribution in [0, 0.1) is 5.92 Å². The van der Waals surface area contributed by atoms with Crippen LogP contribution in [0.5, 0.6) is 5.75 Å². The second kappa shape index (κ2) is 8.03. The highest BCUT2D eigenvalue weighted by molar-refractivity contribution is 5.66. The van der Waals surface area contributed by atoms with E-state index in [1.165, 1.54) is 18.4 Å². The summed E-state index contributed by atoms with van der Waals surface area (Å²) in [5.74, 6) is 1.000. The molecule has 0 unspecified atom stereocenters. The van der Waals surface area contributed by atoms with Crippen LogP contribution in [0.25, 0.3) is 0 Å². The van der Waals surface area contributed by atoms with Crippen LogP contribution in [0.15, 0.2) is 24.3 Å². The van der Waals surface area contributed by atoms with E-state index in [4.69, 9.17) is 9.84 Å². The fraction of sp³-hybridized carbons (Fsp3) is 0.588. The summed E-state index contributed by atoms with van der Waals surface area (Å²) in [6, 6.07) is 8.25. The van der Waals surface area contributed by atoms with Crippen LogP contribution in [0.1, 0.15) is 31.2 Å². The number of hydrogen-bond acceptors (Lipinski definition) is 3. The molecule has 1 aromatic rings. The number of para-hydroxylation sites is 1. The number of aliphatic carboxylic acids is 1. The SMILES string of the molecule is COc1ccccc1CC1CCN(CCCC(=O)O)CC1. The van der Waals surface area contributed by atoms with Gasteiger partial charge in [0.15, 0.2) is 0 Å². The standard InChI is InChI=1S/C17H25NO3/c1-21-16-6-3-2-5-15(16)13-14-8-11-18(12-9-14)10-4-7-17(19)20/h2-3,5-6,14H,4,7-13H2,1H3,(H,19,20). The molecule has 2 rings (SSSR count). The maximum atomic E-state index is 10.5. The molecule has 1 saturated heterocycles. The molecule has 0 bridgehead atoms. The van der Waals surface area contributed by atoms with Gasteiger partial charge in [0.25, 0.3) is 0 Å². The Morgan fingerprint density at radius 3 is 2.71 bits per heavy atom. The van der Waals surface area contributed by atoms with Crippen molar-refractivity contribution in [2.45, 2.75) is 32.1 Å². The number of benzene rings is 1. The second-order valence-corrected chi connectivity index (χ2v) is 5.80. The third kappa shape index (κ3) is 5.05. The first-order chi connectivity index (χ1) is 10.2. The third-order valence-corrected chi connectivity index (χ3v) is 4.27. The summed E-state index contributed by atoms with van der Waals surface area (Å²) in [7, 11) is 1.73. The van der Waals surface area contributed by atoms with E-state index in [1.54, 1.807) is 7.11 Å². The number of rotatable bonds is 7. The van der Waals surface area contributed by atoms with Crippen LogP contribution in [0.4, 0.5) is 0 Å². The van der Waals surface area contributed by atoms with Gasteiger partial charge in [-0.15, -0.1) is 0 Å². The average molecular weight is 291 g/mol. The third-order valence-electron chi connectivity index (χ3n) is 4.27. The summed E-state index contributed by atoms with van der Waals surface area (Å²) < 4.78 is 5.42. The Labute approximate surface area is 126 Å². The number of carbonyl (C=O) groups is 1. The molecule has 0 aromatic heterocycles. The largest absolute Gasteiger partial charge is 0.496 e. The molecule has 0 aliphatic carbocycles. The average Bonchev–Trinajstić information content (AvgIpc) is 2.49. The van der Waals surface area contributed by atoms with E-state index < -0.39 is 5.97 Å².